The first kappa shape index (κ1) is 9.59. The first-order valence-corrected chi connectivity index (χ1v) is 5.24. The lowest BCUT2D eigenvalue weighted by Gasteiger charge is -2.13. The summed E-state index contributed by atoms with van der Waals surface area (Å²) in [7, 11) is 0. The van der Waals surface area contributed by atoms with E-state index < -0.39 is 0 Å². The maximum absolute atomic E-state index is 4.24. The molecule has 1 fully saturated rings. The number of likely N-dealkylation sites (tertiary alicyclic amines) is 1. The SMILES string of the molecule is C[C@@H]1CN(Cc2ncccn2)C[C@H]1C. The van der Waals surface area contributed by atoms with E-state index in [0.29, 0.717) is 0 Å². The van der Waals surface area contributed by atoms with E-state index in [9.17, 15) is 0 Å². The molecule has 1 aliphatic heterocycles. The molecule has 2 atom stereocenters. The van der Waals surface area contributed by atoms with Crippen molar-refractivity contribution in [2.24, 2.45) is 11.8 Å². The highest BCUT2D eigenvalue weighted by Crippen LogP contribution is 2.22. The molecule has 3 heteroatoms. The van der Waals surface area contributed by atoms with Gasteiger partial charge in [-0.25, -0.2) is 9.97 Å². The average Bonchev–Trinajstić information content (AvgIpc) is 2.47. The highest BCUT2D eigenvalue weighted by molar-refractivity contribution is 4.90. The Morgan fingerprint density at radius 2 is 1.79 bits per heavy atom. The van der Waals surface area contributed by atoms with Crippen LogP contribution in [0, 0.1) is 11.8 Å². The zero-order valence-corrected chi connectivity index (χ0v) is 8.85. The van der Waals surface area contributed by atoms with Crippen LogP contribution in [0.5, 0.6) is 0 Å². The molecule has 2 heterocycles. The van der Waals surface area contributed by atoms with Gasteiger partial charge in [-0.1, -0.05) is 13.8 Å². The fourth-order valence-electron chi connectivity index (χ4n) is 1.99. The average molecular weight is 191 g/mol. The van der Waals surface area contributed by atoms with Gasteiger partial charge < -0.3 is 0 Å². The minimum atomic E-state index is 0.804. The second-order valence-corrected chi connectivity index (χ2v) is 4.31. The third-order valence-corrected chi connectivity index (χ3v) is 3.05. The van der Waals surface area contributed by atoms with E-state index in [-0.39, 0.29) is 0 Å². The maximum atomic E-state index is 4.24. The van der Waals surface area contributed by atoms with Crippen LogP contribution in [0.4, 0.5) is 0 Å². The predicted octanol–water partition coefficient (Wildman–Crippen LogP) is 1.56. The quantitative estimate of drug-likeness (QED) is 0.710. The van der Waals surface area contributed by atoms with Crippen LogP contribution in [0.15, 0.2) is 18.5 Å². The molecule has 0 radical (unpaired) electrons. The monoisotopic (exact) mass is 191 g/mol. The van der Waals surface area contributed by atoms with Crippen molar-refractivity contribution in [1.82, 2.24) is 14.9 Å². The van der Waals surface area contributed by atoms with Crippen LogP contribution >= 0.6 is 0 Å². The summed E-state index contributed by atoms with van der Waals surface area (Å²) >= 11 is 0. The van der Waals surface area contributed by atoms with Gasteiger partial charge in [0.05, 0.1) is 6.54 Å². The minimum Gasteiger partial charge on any atom is -0.295 e. The summed E-state index contributed by atoms with van der Waals surface area (Å²) in [5.74, 6) is 2.55. The van der Waals surface area contributed by atoms with Crippen LogP contribution in [-0.4, -0.2) is 28.0 Å². The van der Waals surface area contributed by atoms with Crippen LogP contribution in [0.2, 0.25) is 0 Å². The van der Waals surface area contributed by atoms with Gasteiger partial charge in [-0.3, -0.25) is 4.90 Å². The Balaban J connectivity index is 1.94. The first-order valence-electron chi connectivity index (χ1n) is 5.24. The van der Waals surface area contributed by atoms with Crippen molar-refractivity contribution in [2.45, 2.75) is 20.4 Å². The smallest absolute Gasteiger partial charge is 0.142 e. The summed E-state index contributed by atoms with van der Waals surface area (Å²) in [6, 6.07) is 1.86. The second kappa shape index (κ2) is 4.05. The third kappa shape index (κ3) is 2.10. The summed E-state index contributed by atoms with van der Waals surface area (Å²) < 4.78 is 0. The van der Waals surface area contributed by atoms with Gasteiger partial charge in [-0.2, -0.15) is 0 Å². The highest BCUT2D eigenvalue weighted by Gasteiger charge is 2.26. The lowest BCUT2D eigenvalue weighted by Crippen LogP contribution is -2.21. The van der Waals surface area contributed by atoms with Gasteiger partial charge in [-0.15, -0.1) is 0 Å². The van der Waals surface area contributed by atoms with Crippen LogP contribution in [-0.2, 0) is 6.54 Å². The molecule has 0 spiro atoms. The van der Waals surface area contributed by atoms with Gasteiger partial charge in [0.15, 0.2) is 0 Å². The Morgan fingerprint density at radius 3 is 2.36 bits per heavy atom. The molecule has 0 unspecified atom stereocenters. The Labute approximate surface area is 85.2 Å². The molecule has 1 saturated heterocycles. The molecule has 0 aliphatic carbocycles. The van der Waals surface area contributed by atoms with E-state index in [1.54, 1.807) is 0 Å². The Morgan fingerprint density at radius 1 is 1.21 bits per heavy atom. The molecule has 14 heavy (non-hydrogen) atoms. The van der Waals surface area contributed by atoms with Gasteiger partial charge in [0, 0.05) is 25.5 Å². The van der Waals surface area contributed by atoms with Crippen LogP contribution < -0.4 is 0 Å². The third-order valence-electron chi connectivity index (χ3n) is 3.05. The molecule has 3 nitrogen and oxygen atoms in total. The summed E-state index contributed by atoms with van der Waals surface area (Å²) in [4.78, 5) is 10.9. The van der Waals surface area contributed by atoms with Crippen molar-refractivity contribution < 1.29 is 0 Å². The Bertz CT molecular complexity index is 276. The van der Waals surface area contributed by atoms with Crippen molar-refractivity contribution in [3.8, 4) is 0 Å². The number of nitrogens with zero attached hydrogens (tertiary/aromatic N) is 3. The largest absolute Gasteiger partial charge is 0.295 e. The van der Waals surface area contributed by atoms with Crippen LogP contribution in [0.25, 0.3) is 0 Å². The van der Waals surface area contributed by atoms with Crippen LogP contribution in [0.1, 0.15) is 19.7 Å². The van der Waals surface area contributed by atoms with E-state index in [1.165, 1.54) is 13.1 Å². The zero-order chi connectivity index (χ0) is 9.97. The van der Waals surface area contributed by atoms with Gasteiger partial charge in [0.1, 0.15) is 5.82 Å². The lowest BCUT2D eigenvalue weighted by molar-refractivity contribution is 0.308. The van der Waals surface area contributed by atoms with Gasteiger partial charge >= 0.3 is 0 Å². The number of aromatic nitrogens is 2. The van der Waals surface area contributed by atoms with Crippen molar-refractivity contribution in [3.63, 3.8) is 0 Å². The molecule has 1 aliphatic rings. The number of rotatable bonds is 2. The Kier molecular flexibility index (Phi) is 2.77. The van der Waals surface area contributed by atoms with Gasteiger partial charge in [0.25, 0.3) is 0 Å². The molecule has 76 valence electrons. The molecule has 0 bridgehead atoms. The summed E-state index contributed by atoms with van der Waals surface area (Å²) in [5, 5.41) is 0. The predicted molar refractivity (Wildman–Crippen MR) is 55.6 cm³/mol. The molecular weight excluding hydrogens is 174 g/mol. The molecule has 0 amide bonds. The van der Waals surface area contributed by atoms with E-state index in [0.717, 1.165) is 24.2 Å². The van der Waals surface area contributed by atoms with Gasteiger partial charge in [0.2, 0.25) is 0 Å². The standard InChI is InChI=1S/C11H17N3/c1-9-6-14(7-10(9)2)8-11-12-4-3-5-13-11/h3-5,9-10H,6-8H2,1-2H3/t9-,10-/m1/s1. The fourth-order valence-corrected chi connectivity index (χ4v) is 1.99. The molecule has 0 aromatic carbocycles. The van der Waals surface area contributed by atoms with E-state index in [4.69, 9.17) is 0 Å². The normalized spacial score (nSPS) is 28.1. The van der Waals surface area contributed by atoms with Gasteiger partial charge in [-0.05, 0) is 17.9 Å². The fraction of sp³-hybridized carbons (Fsp3) is 0.636. The maximum Gasteiger partial charge on any atom is 0.142 e. The number of hydrogen-bond acceptors (Lipinski definition) is 3. The van der Waals surface area contributed by atoms with Crippen molar-refractivity contribution >= 4 is 0 Å². The van der Waals surface area contributed by atoms with E-state index >= 15 is 0 Å². The summed E-state index contributed by atoms with van der Waals surface area (Å²) in [6.07, 6.45) is 3.62. The van der Waals surface area contributed by atoms with E-state index in [2.05, 4.69) is 28.7 Å². The molecule has 1 aromatic rings. The first-order chi connectivity index (χ1) is 6.75. The number of hydrogen-bond donors (Lipinski definition) is 0. The summed E-state index contributed by atoms with van der Waals surface area (Å²) in [6.45, 7) is 7.89. The Hall–Kier alpha value is -0.960. The molecular formula is C11H17N3. The summed E-state index contributed by atoms with van der Waals surface area (Å²) in [5.41, 5.74) is 0. The topological polar surface area (TPSA) is 29.0 Å². The zero-order valence-electron chi connectivity index (χ0n) is 8.85. The van der Waals surface area contributed by atoms with E-state index in [1.807, 2.05) is 18.5 Å². The molecule has 2 rings (SSSR count). The minimum absolute atomic E-state index is 0.804. The van der Waals surface area contributed by atoms with Crippen molar-refractivity contribution in [3.05, 3.63) is 24.3 Å². The van der Waals surface area contributed by atoms with Crippen LogP contribution in [0.3, 0.4) is 0 Å². The van der Waals surface area contributed by atoms with Crippen molar-refractivity contribution in [1.29, 1.82) is 0 Å². The van der Waals surface area contributed by atoms with Crippen molar-refractivity contribution in [2.75, 3.05) is 13.1 Å². The molecule has 1 aromatic heterocycles. The molecule has 0 saturated carbocycles. The molecule has 0 N–H and O–H groups in total. The highest BCUT2D eigenvalue weighted by atomic mass is 15.2. The lowest BCUT2D eigenvalue weighted by atomic mass is 10.0. The second-order valence-electron chi connectivity index (χ2n) is 4.31.